The van der Waals surface area contributed by atoms with E-state index in [1.807, 2.05) is 55.7 Å². The highest BCUT2D eigenvalue weighted by molar-refractivity contribution is 5.75. The Morgan fingerprint density at radius 2 is 1.87 bits per heavy atom. The SMILES string of the molecule is Cn1c(CNc2ccc(-n3ccnn3)cc2)nc2ccccc21. The van der Waals surface area contributed by atoms with Gasteiger partial charge in [-0.25, -0.2) is 9.67 Å². The Kier molecular flexibility index (Phi) is 3.27. The summed E-state index contributed by atoms with van der Waals surface area (Å²) >= 11 is 0. The fourth-order valence-electron chi connectivity index (χ4n) is 2.61. The standard InChI is InChI=1S/C17H16N6/c1-22-16-5-3-2-4-15(16)20-17(22)12-18-13-6-8-14(9-7-13)23-11-10-19-21-23/h2-11,18H,12H2,1H3. The third-order valence-electron chi connectivity index (χ3n) is 3.88. The summed E-state index contributed by atoms with van der Waals surface area (Å²) < 4.78 is 3.85. The average Bonchev–Trinajstić information content (AvgIpc) is 3.23. The largest absolute Gasteiger partial charge is 0.378 e. The van der Waals surface area contributed by atoms with Crippen LogP contribution >= 0.6 is 0 Å². The Labute approximate surface area is 133 Å². The first kappa shape index (κ1) is 13.5. The Morgan fingerprint density at radius 1 is 1.04 bits per heavy atom. The molecule has 114 valence electrons. The van der Waals surface area contributed by atoms with Crippen molar-refractivity contribution >= 4 is 16.7 Å². The molecular formula is C17H16N6. The number of rotatable bonds is 4. The van der Waals surface area contributed by atoms with E-state index in [1.54, 1.807) is 10.9 Å². The van der Waals surface area contributed by atoms with Gasteiger partial charge in [0.1, 0.15) is 5.82 Å². The fraction of sp³-hybridized carbons (Fsp3) is 0.118. The number of aryl methyl sites for hydroxylation is 1. The summed E-state index contributed by atoms with van der Waals surface area (Å²) in [4.78, 5) is 4.66. The van der Waals surface area contributed by atoms with Crippen LogP contribution in [0, 0.1) is 0 Å². The van der Waals surface area contributed by atoms with Gasteiger partial charge in [-0.1, -0.05) is 17.3 Å². The first-order valence-corrected chi connectivity index (χ1v) is 7.42. The molecule has 0 bridgehead atoms. The summed E-state index contributed by atoms with van der Waals surface area (Å²) in [6, 6.07) is 16.2. The van der Waals surface area contributed by atoms with E-state index in [-0.39, 0.29) is 0 Å². The van der Waals surface area contributed by atoms with Gasteiger partial charge in [0, 0.05) is 12.7 Å². The predicted octanol–water partition coefficient (Wildman–Crippen LogP) is 2.77. The zero-order valence-corrected chi connectivity index (χ0v) is 12.7. The molecule has 23 heavy (non-hydrogen) atoms. The Hall–Kier alpha value is -3.15. The molecule has 2 aromatic heterocycles. The zero-order valence-electron chi connectivity index (χ0n) is 12.7. The fourth-order valence-corrected chi connectivity index (χ4v) is 2.61. The highest BCUT2D eigenvalue weighted by atomic mass is 15.4. The van der Waals surface area contributed by atoms with Gasteiger partial charge in [-0.05, 0) is 36.4 Å². The molecule has 0 fully saturated rings. The molecule has 2 aromatic carbocycles. The number of nitrogens with one attached hydrogen (secondary N) is 1. The maximum atomic E-state index is 4.66. The molecule has 6 nitrogen and oxygen atoms in total. The van der Waals surface area contributed by atoms with E-state index in [2.05, 4.69) is 31.2 Å². The number of hydrogen-bond donors (Lipinski definition) is 1. The first-order valence-electron chi connectivity index (χ1n) is 7.42. The van der Waals surface area contributed by atoms with Crippen molar-refractivity contribution in [2.75, 3.05) is 5.32 Å². The van der Waals surface area contributed by atoms with Gasteiger partial charge < -0.3 is 9.88 Å². The van der Waals surface area contributed by atoms with Crippen LogP contribution in [0.1, 0.15) is 5.82 Å². The van der Waals surface area contributed by atoms with E-state index in [4.69, 9.17) is 0 Å². The summed E-state index contributed by atoms with van der Waals surface area (Å²) in [5.41, 5.74) is 4.19. The van der Waals surface area contributed by atoms with E-state index in [1.165, 1.54) is 0 Å². The van der Waals surface area contributed by atoms with Crippen molar-refractivity contribution in [1.29, 1.82) is 0 Å². The number of benzene rings is 2. The Balaban J connectivity index is 1.51. The molecule has 0 radical (unpaired) electrons. The van der Waals surface area contributed by atoms with Gasteiger partial charge in [-0.3, -0.25) is 0 Å². The van der Waals surface area contributed by atoms with E-state index in [0.717, 1.165) is 28.2 Å². The molecule has 0 aliphatic heterocycles. The van der Waals surface area contributed by atoms with Crippen LogP contribution in [0.4, 0.5) is 5.69 Å². The van der Waals surface area contributed by atoms with Crippen molar-refractivity contribution in [3.8, 4) is 5.69 Å². The topological polar surface area (TPSA) is 60.6 Å². The van der Waals surface area contributed by atoms with Gasteiger partial charge in [-0.15, -0.1) is 5.10 Å². The van der Waals surface area contributed by atoms with Crippen molar-refractivity contribution < 1.29 is 0 Å². The third-order valence-corrected chi connectivity index (χ3v) is 3.88. The van der Waals surface area contributed by atoms with Crippen molar-refractivity contribution in [1.82, 2.24) is 24.5 Å². The van der Waals surface area contributed by atoms with Gasteiger partial charge in [0.25, 0.3) is 0 Å². The number of aromatic nitrogens is 5. The summed E-state index contributed by atoms with van der Waals surface area (Å²) in [7, 11) is 2.04. The van der Waals surface area contributed by atoms with Crippen LogP contribution in [0.5, 0.6) is 0 Å². The van der Waals surface area contributed by atoms with Gasteiger partial charge in [0.2, 0.25) is 0 Å². The number of nitrogens with zero attached hydrogens (tertiary/aromatic N) is 5. The minimum absolute atomic E-state index is 0.674. The molecule has 0 amide bonds. The lowest BCUT2D eigenvalue weighted by molar-refractivity contribution is 0.803. The third kappa shape index (κ3) is 2.55. The molecule has 0 saturated carbocycles. The minimum Gasteiger partial charge on any atom is -0.378 e. The van der Waals surface area contributed by atoms with Crippen molar-refractivity contribution in [2.45, 2.75) is 6.54 Å². The summed E-state index contributed by atoms with van der Waals surface area (Å²) in [6.45, 7) is 0.674. The maximum Gasteiger partial charge on any atom is 0.128 e. The predicted molar refractivity (Wildman–Crippen MR) is 89.4 cm³/mol. The highest BCUT2D eigenvalue weighted by Gasteiger charge is 2.06. The van der Waals surface area contributed by atoms with Crippen molar-refractivity contribution in [3.63, 3.8) is 0 Å². The van der Waals surface area contributed by atoms with Crippen molar-refractivity contribution in [2.24, 2.45) is 7.05 Å². The van der Waals surface area contributed by atoms with E-state index in [9.17, 15) is 0 Å². The second-order valence-corrected chi connectivity index (χ2v) is 5.32. The second kappa shape index (κ2) is 5.57. The summed E-state index contributed by atoms with van der Waals surface area (Å²) in [5.74, 6) is 1.01. The van der Waals surface area contributed by atoms with E-state index in [0.29, 0.717) is 6.54 Å². The monoisotopic (exact) mass is 304 g/mol. The number of imidazole rings is 1. The maximum absolute atomic E-state index is 4.66. The van der Waals surface area contributed by atoms with Crippen LogP contribution in [0.2, 0.25) is 0 Å². The van der Waals surface area contributed by atoms with E-state index >= 15 is 0 Å². The van der Waals surface area contributed by atoms with Crippen LogP contribution in [-0.2, 0) is 13.6 Å². The molecule has 0 spiro atoms. The number of hydrogen-bond acceptors (Lipinski definition) is 4. The van der Waals surface area contributed by atoms with E-state index < -0.39 is 0 Å². The Morgan fingerprint density at radius 3 is 2.61 bits per heavy atom. The van der Waals surface area contributed by atoms with Gasteiger partial charge in [0.15, 0.2) is 0 Å². The van der Waals surface area contributed by atoms with Crippen LogP contribution in [0.3, 0.4) is 0 Å². The quantitative estimate of drug-likeness (QED) is 0.630. The average molecular weight is 304 g/mol. The second-order valence-electron chi connectivity index (χ2n) is 5.32. The lowest BCUT2D eigenvalue weighted by atomic mass is 10.3. The smallest absolute Gasteiger partial charge is 0.128 e. The summed E-state index contributed by atoms with van der Waals surface area (Å²) in [6.07, 6.45) is 3.49. The Bertz CT molecular complexity index is 922. The number of anilines is 1. The molecule has 4 aromatic rings. The highest BCUT2D eigenvalue weighted by Crippen LogP contribution is 2.16. The van der Waals surface area contributed by atoms with Crippen LogP contribution in [0.15, 0.2) is 60.9 Å². The molecule has 1 N–H and O–H groups in total. The molecule has 4 rings (SSSR count). The lowest BCUT2D eigenvalue weighted by Gasteiger charge is -2.07. The van der Waals surface area contributed by atoms with Gasteiger partial charge in [0.05, 0.1) is 35.7 Å². The number of fused-ring (bicyclic) bond motifs is 1. The van der Waals surface area contributed by atoms with Crippen LogP contribution < -0.4 is 5.32 Å². The molecule has 6 heteroatoms. The molecule has 0 aliphatic carbocycles. The molecule has 0 unspecified atom stereocenters. The van der Waals surface area contributed by atoms with Crippen molar-refractivity contribution in [3.05, 3.63) is 66.7 Å². The number of para-hydroxylation sites is 2. The van der Waals surface area contributed by atoms with Gasteiger partial charge in [-0.2, -0.15) is 0 Å². The van der Waals surface area contributed by atoms with Crippen LogP contribution in [-0.4, -0.2) is 24.5 Å². The normalized spacial score (nSPS) is 11.0. The lowest BCUT2D eigenvalue weighted by Crippen LogP contribution is -2.06. The van der Waals surface area contributed by atoms with Crippen LogP contribution in [0.25, 0.3) is 16.7 Å². The molecular weight excluding hydrogens is 288 g/mol. The molecule has 0 atom stereocenters. The van der Waals surface area contributed by atoms with Gasteiger partial charge >= 0.3 is 0 Å². The molecule has 0 saturated heterocycles. The summed E-state index contributed by atoms with van der Waals surface area (Å²) in [5, 5.41) is 11.2. The molecule has 2 heterocycles. The molecule has 0 aliphatic rings. The zero-order chi connectivity index (χ0) is 15.6. The first-order chi connectivity index (χ1) is 11.3. The minimum atomic E-state index is 0.674.